The Bertz CT molecular complexity index is 1110. The predicted molar refractivity (Wildman–Crippen MR) is 103 cm³/mol. The highest BCUT2D eigenvalue weighted by atomic mass is 19.3. The number of aryl methyl sites for hydroxylation is 2. The number of benzene rings is 1. The van der Waals surface area contributed by atoms with Crippen LogP contribution in [-0.4, -0.2) is 38.6 Å². The average molecular weight is 416 g/mol. The molecule has 1 aromatic carbocycles. The molecule has 0 unspecified atom stereocenters. The molecule has 0 saturated heterocycles. The zero-order valence-corrected chi connectivity index (χ0v) is 16.4. The van der Waals surface area contributed by atoms with Crippen molar-refractivity contribution in [3.63, 3.8) is 0 Å². The van der Waals surface area contributed by atoms with Gasteiger partial charge in [-0.05, 0) is 30.2 Å². The molecule has 0 bridgehead atoms. The number of nitrogens with zero attached hydrogens (tertiary/aromatic N) is 4. The van der Waals surface area contributed by atoms with Crippen LogP contribution < -0.4 is 4.74 Å². The van der Waals surface area contributed by atoms with Gasteiger partial charge in [0.15, 0.2) is 6.61 Å². The Morgan fingerprint density at radius 2 is 2.07 bits per heavy atom. The Balaban J connectivity index is 1.54. The molecule has 2 aromatic heterocycles. The number of fused-ring (bicyclic) bond motifs is 1. The van der Waals surface area contributed by atoms with E-state index in [1.54, 1.807) is 29.9 Å². The lowest BCUT2D eigenvalue weighted by Gasteiger charge is -2.16. The van der Waals surface area contributed by atoms with Crippen molar-refractivity contribution in [1.29, 1.82) is 0 Å². The summed E-state index contributed by atoms with van der Waals surface area (Å²) < 4.78 is 46.4. The summed E-state index contributed by atoms with van der Waals surface area (Å²) in [5, 5.41) is 4.27. The van der Waals surface area contributed by atoms with Crippen LogP contribution in [0, 0.1) is 12.7 Å². The molecule has 0 radical (unpaired) electrons. The van der Waals surface area contributed by atoms with E-state index < -0.39 is 24.8 Å². The van der Waals surface area contributed by atoms with Gasteiger partial charge >= 0.3 is 0 Å². The van der Waals surface area contributed by atoms with Gasteiger partial charge in [0.1, 0.15) is 11.4 Å². The first-order valence-electron chi connectivity index (χ1n) is 9.30. The first-order chi connectivity index (χ1) is 14.3. The number of hydrogen-bond acceptors (Lipinski definition) is 4. The lowest BCUT2D eigenvalue weighted by atomic mass is 10.0. The SMILES string of the molecule is Cc1nn(C)cc1-c1ccc(CN2Cc3ccnc(OCC(F)F)c3C2=O)c(F)c1. The summed E-state index contributed by atoms with van der Waals surface area (Å²) in [4.78, 5) is 18.1. The van der Waals surface area contributed by atoms with Gasteiger partial charge in [0, 0.05) is 43.7 Å². The zero-order valence-electron chi connectivity index (χ0n) is 16.4. The third-order valence-electron chi connectivity index (χ3n) is 4.95. The van der Waals surface area contributed by atoms with Gasteiger partial charge in [-0.15, -0.1) is 0 Å². The quantitative estimate of drug-likeness (QED) is 0.615. The van der Waals surface area contributed by atoms with E-state index in [1.807, 2.05) is 13.1 Å². The molecule has 4 rings (SSSR count). The molecule has 9 heteroatoms. The van der Waals surface area contributed by atoms with E-state index in [9.17, 15) is 18.0 Å². The number of amides is 1. The third kappa shape index (κ3) is 3.74. The molecule has 30 heavy (non-hydrogen) atoms. The van der Waals surface area contributed by atoms with Gasteiger partial charge in [-0.2, -0.15) is 5.10 Å². The molecule has 1 aliphatic heterocycles. The molecular formula is C21H19F3N4O2. The molecule has 3 aromatic rings. The predicted octanol–water partition coefficient (Wildman–Crippen LogP) is 3.73. The minimum absolute atomic E-state index is 0.0416. The van der Waals surface area contributed by atoms with Crippen LogP contribution >= 0.6 is 0 Å². The monoisotopic (exact) mass is 416 g/mol. The van der Waals surface area contributed by atoms with Gasteiger partial charge in [0.05, 0.1) is 5.69 Å². The van der Waals surface area contributed by atoms with E-state index in [0.717, 1.165) is 11.3 Å². The zero-order chi connectivity index (χ0) is 21.4. The topological polar surface area (TPSA) is 60.3 Å². The van der Waals surface area contributed by atoms with Crippen molar-refractivity contribution in [1.82, 2.24) is 19.7 Å². The summed E-state index contributed by atoms with van der Waals surface area (Å²) in [5.74, 6) is -0.982. The van der Waals surface area contributed by atoms with Crippen molar-refractivity contribution in [3.05, 3.63) is 64.9 Å². The standard InChI is InChI=1S/C21H19F3N4O2/c1-12-16(10-27(2)26-12)13-3-4-14(17(22)7-13)8-28-9-15-5-6-25-20(19(15)21(28)29)30-11-18(23)24/h3-7,10,18H,8-9,11H2,1-2H3. The van der Waals surface area contributed by atoms with Gasteiger partial charge in [-0.25, -0.2) is 18.2 Å². The number of pyridine rings is 1. The van der Waals surface area contributed by atoms with Crippen molar-refractivity contribution in [2.45, 2.75) is 26.4 Å². The summed E-state index contributed by atoms with van der Waals surface area (Å²) in [6.45, 7) is 1.27. The lowest BCUT2D eigenvalue weighted by molar-refractivity contribution is 0.0718. The Kier molecular flexibility index (Phi) is 5.19. The number of hydrogen-bond donors (Lipinski definition) is 0. The number of carbonyl (C=O) groups excluding carboxylic acids is 1. The van der Waals surface area contributed by atoms with Gasteiger partial charge < -0.3 is 9.64 Å². The molecule has 0 spiro atoms. The fraction of sp³-hybridized carbons (Fsp3) is 0.286. The summed E-state index contributed by atoms with van der Waals surface area (Å²) in [5.41, 5.74) is 3.44. The van der Waals surface area contributed by atoms with Gasteiger partial charge in [0.25, 0.3) is 12.3 Å². The highest BCUT2D eigenvalue weighted by molar-refractivity contribution is 6.00. The summed E-state index contributed by atoms with van der Waals surface area (Å²) in [7, 11) is 1.80. The second-order valence-corrected chi connectivity index (χ2v) is 7.12. The molecule has 1 aliphatic rings. The van der Waals surface area contributed by atoms with Gasteiger partial charge in [-0.1, -0.05) is 12.1 Å². The van der Waals surface area contributed by atoms with Crippen molar-refractivity contribution < 1.29 is 22.7 Å². The fourth-order valence-electron chi connectivity index (χ4n) is 3.59. The van der Waals surface area contributed by atoms with Crippen LogP contribution in [0.3, 0.4) is 0 Å². The van der Waals surface area contributed by atoms with Crippen LogP contribution in [0.15, 0.2) is 36.7 Å². The van der Waals surface area contributed by atoms with Gasteiger partial charge in [-0.3, -0.25) is 9.48 Å². The van der Waals surface area contributed by atoms with E-state index in [4.69, 9.17) is 4.74 Å². The van der Waals surface area contributed by atoms with Crippen molar-refractivity contribution in [3.8, 4) is 17.0 Å². The van der Waals surface area contributed by atoms with E-state index in [1.165, 1.54) is 17.2 Å². The lowest BCUT2D eigenvalue weighted by Crippen LogP contribution is -2.24. The highest BCUT2D eigenvalue weighted by Crippen LogP contribution is 2.31. The number of aromatic nitrogens is 3. The largest absolute Gasteiger partial charge is 0.471 e. The summed E-state index contributed by atoms with van der Waals surface area (Å²) in [6, 6.07) is 6.48. The number of alkyl halides is 2. The maximum atomic E-state index is 14.8. The van der Waals surface area contributed by atoms with Crippen LogP contribution in [0.5, 0.6) is 5.88 Å². The second-order valence-electron chi connectivity index (χ2n) is 7.12. The van der Waals surface area contributed by atoms with E-state index in [-0.39, 0.29) is 24.5 Å². The Labute approximate surface area is 170 Å². The molecule has 1 amide bonds. The molecule has 0 N–H and O–H groups in total. The Morgan fingerprint density at radius 3 is 2.73 bits per heavy atom. The van der Waals surface area contributed by atoms with Crippen LogP contribution in [0.25, 0.3) is 11.1 Å². The second kappa shape index (κ2) is 7.81. The average Bonchev–Trinajstić information content (AvgIpc) is 3.20. The smallest absolute Gasteiger partial charge is 0.272 e. The van der Waals surface area contributed by atoms with Crippen LogP contribution in [0.4, 0.5) is 13.2 Å². The number of ether oxygens (including phenoxy) is 1. The third-order valence-corrected chi connectivity index (χ3v) is 4.95. The number of carbonyl (C=O) groups is 1. The maximum absolute atomic E-state index is 14.8. The normalized spacial score (nSPS) is 13.3. The Morgan fingerprint density at radius 1 is 1.27 bits per heavy atom. The minimum atomic E-state index is -2.67. The van der Waals surface area contributed by atoms with Crippen molar-refractivity contribution in [2.75, 3.05) is 6.61 Å². The Hall–Kier alpha value is -3.36. The maximum Gasteiger partial charge on any atom is 0.272 e. The molecule has 156 valence electrons. The minimum Gasteiger partial charge on any atom is -0.471 e. The molecule has 3 heterocycles. The molecule has 0 aliphatic carbocycles. The van der Waals surface area contributed by atoms with Gasteiger partial charge in [0.2, 0.25) is 5.88 Å². The van der Waals surface area contributed by atoms with Crippen molar-refractivity contribution >= 4 is 5.91 Å². The van der Waals surface area contributed by atoms with Crippen LogP contribution in [0.2, 0.25) is 0 Å². The first-order valence-corrected chi connectivity index (χ1v) is 9.30. The molecular weight excluding hydrogens is 397 g/mol. The first kappa shape index (κ1) is 19.9. The van der Waals surface area contributed by atoms with E-state index >= 15 is 0 Å². The molecule has 0 atom stereocenters. The molecule has 6 nitrogen and oxygen atoms in total. The molecule has 0 fully saturated rings. The summed E-state index contributed by atoms with van der Waals surface area (Å²) >= 11 is 0. The highest BCUT2D eigenvalue weighted by Gasteiger charge is 2.32. The van der Waals surface area contributed by atoms with Crippen molar-refractivity contribution in [2.24, 2.45) is 7.05 Å². The van der Waals surface area contributed by atoms with Crippen LogP contribution in [-0.2, 0) is 20.1 Å². The van der Waals surface area contributed by atoms with E-state index in [0.29, 0.717) is 16.7 Å². The summed E-state index contributed by atoms with van der Waals surface area (Å²) in [6.07, 6.45) is 0.548. The fourth-order valence-corrected chi connectivity index (χ4v) is 3.59. The number of rotatable bonds is 6. The molecule has 0 saturated carbocycles. The van der Waals surface area contributed by atoms with Crippen LogP contribution in [0.1, 0.15) is 27.2 Å². The van der Waals surface area contributed by atoms with E-state index in [2.05, 4.69) is 10.1 Å². The number of halogens is 3.